The molecule has 152 valence electrons. The van der Waals surface area contributed by atoms with Crippen LogP contribution in [0.15, 0.2) is 55.2 Å². The standard InChI is InChI=1S/C22H22Br2N2O2S/c1-4-5-10-26-21(27)19(13-15-11-17(23)20(28-3)18(24)12-15)29-22(26)25-16-8-6-14(2)7-9-16/h6-9,11-13H,4-5,10H2,1-3H3/b19-13+,25-22?. The molecule has 1 fully saturated rings. The number of carbonyl (C=O) groups is 1. The molecule has 4 nitrogen and oxygen atoms in total. The quantitative estimate of drug-likeness (QED) is 0.375. The largest absolute Gasteiger partial charge is 0.494 e. The Bertz CT molecular complexity index is 948. The Kier molecular flexibility index (Phi) is 7.60. The van der Waals surface area contributed by atoms with Crippen LogP contribution in [0.3, 0.4) is 0 Å². The van der Waals surface area contributed by atoms with E-state index in [9.17, 15) is 4.79 Å². The number of unbranched alkanes of at least 4 members (excludes halogenated alkanes) is 1. The number of aliphatic imine (C=N–C) groups is 1. The first-order chi connectivity index (χ1) is 13.9. The minimum atomic E-state index is -0.00243. The number of halogens is 2. The van der Waals surface area contributed by atoms with Crippen LogP contribution in [-0.4, -0.2) is 29.6 Å². The molecule has 29 heavy (non-hydrogen) atoms. The number of methoxy groups -OCH3 is 1. The highest BCUT2D eigenvalue weighted by Crippen LogP contribution is 2.38. The highest BCUT2D eigenvalue weighted by molar-refractivity contribution is 9.11. The van der Waals surface area contributed by atoms with Crippen molar-refractivity contribution in [2.75, 3.05) is 13.7 Å². The number of hydrogen-bond acceptors (Lipinski definition) is 4. The summed E-state index contributed by atoms with van der Waals surface area (Å²) in [5.74, 6) is 0.723. The van der Waals surface area contributed by atoms with Crippen molar-refractivity contribution in [3.05, 3.63) is 61.4 Å². The van der Waals surface area contributed by atoms with Crippen LogP contribution in [0.4, 0.5) is 5.69 Å². The third-order valence-corrected chi connectivity index (χ3v) is 6.59. The van der Waals surface area contributed by atoms with E-state index in [2.05, 4.69) is 38.8 Å². The van der Waals surface area contributed by atoms with Crippen molar-refractivity contribution in [1.82, 2.24) is 4.90 Å². The monoisotopic (exact) mass is 536 g/mol. The number of rotatable bonds is 6. The lowest BCUT2D eigenvalue weighted by atomic mass is 10.2. The van der Waals surface area contributed by atoms with Gasteiger partial charge in [0.1, 0.15) is 5.75 Å². The van der Waals surface area contributed by atoms with Gasteiger partial charge in [-0.05, 0) is 92.9 Å². The van der Waals surface area contributed by atoms with Crippen molar-refractivity contribution in [2.24, 2.45) is 4.99 Å². The van der Waals surface area contributed by atoms with Gasteiger partial charge < -0.3 is 4.74 Å². The highest BCUT2D eigenvalue weighted by Gasteiger charge is 2.33. The summed E-state index contributed by atoms with van der Waals surface area (Å²) in [4.78, 5) is 20.3. The molecule has 0 spiro atoms. The highest BCUT2D eigenvalue weighted by atomic mass is 79.9. The van der Waals surface area contributed by atoms with Gasteiger partial charge in [0.15, 0.2) is 5.17 Å². The number of hydrogen-bond donors (Lipinski definition) is 0. The number of amidine groups is 1. The zero-order chi connectivity index (χ0) is 21.0. The van der Waals surface area contributed by atoms with E-state index in [1.165, 1.54) is 17.3 Å². The van der Waals surface area contributed by atoms with Crippen molar-refractivity contribution >= 4 is 66.5 Å². The van der Waals surface area contributed by atoms with Gasteiger partial charge in [-0.3, -0.25) is 9.69 Å². The van der Waals surface area contributed by atoms with Gasteiger partial charge in [-0.15, -0.1) is 0 Å². The third kappa shape index (κ3) is 5.32. The van der Waals surface area contributed by atoms with Crippen LogP contribution in [0.1, 0.15) is 30.9 Å². The van der Waals surface area contributed by atoms with Crippen LogP contribution in [0.5, 0.6) is 5.75 Å². The van der Waals surface area contributed by atoms with Gasteiger partial charge >= 0.3 is 0 Å². The number of benzene rings is 2. The Morgan fingerprint density at radius 3 is 2.41 bits per heavy atom. The number of aryl methyl sites for hydroxylation is 1. The Morgan fingerprint density at radius 2 is 1.83 bits per heavy atom. The number of nitrogens with zero attached hydrogens (tertiary/aromatic N) is 2. The lowest BCUT2D eigenvalue weighted by Gasteiger charge is -2.14. The number of ether oxygens (including phenoxy) is 1. The van der Waals surface area contributed by atoms with Crippen molar-refractivity contribution < 1.29 is 9.53 Å². The van der Waals surface area contributed by atoms with E-state index >= 15 is 0 Å². The van der Waals surface area contributed by atoms with Crippen LogP contribution in [0, 0.1) is 6.92 Å². The summed E-state index contributed by atoms with van der Waals surface area (Å²) in [6.45, 7) is 4.83. The molecule has 1 aliphatic heterocycles. The van der Waals surface area contributed by atoms with Gasteiger partial charge in [-0.25, -0.2) is 4.99 Å². The molecule has 0 aromatic heterocycles. The molecule has 0 saturated carbocycles. The molecular weight excluding hydrogens is 516 g/mol. The van der Waals surface area contributed by atoms with Gasteiger partial charge in [0.2, 0.25) is 0 Å². The molecule has 1 heterocycles. The summed E-state index contributed by atoms with van der Waals surface area (Å²) in [5, 5.41) is 0.727. The van der Waals surface area contributed by atoms with E-state index in [-0.39, 0.29) is 5.91 Å². The van der Waals surface area contributed by atoms with Gasteiger partial charge in [0, 0.05) is 6.54 Å². The molecule has 0 aliphatic carbocycles. The Balaban J connectivity index is 1.95. The molecule has 3 rings (SSSR count). The molecular formula is C22H22Br2N2O2S. The Morgan fingerprint density at radius 1 is 1.17 bits per heavy atom. The van der Waals surface area contributed by atoms with Gasteiger partial charge in [-0.2, -0.15) is 0 Å². The molecule has 7 heteroatoms. The fourth-order valence-electron chi connectivity index (χ4n) is 2.84. The van der Waals surface area contributed by atoms with Gasteiger partial charge in [0.05, 0.1) is 26.6 Å². The average Bonchev–Trinajstić information content (AvgIpc) is 2.96. The first-order valence-corrected chi connectivity index (χ1v) is 11.7. The van der Waals surface area contributed by atoms with E-state index in [4.69, 9.17) is 9.73 Å². The maximum Gasteiger partial charge on any atom is 0.266 e. The van der Waals surface area contributed by atoms with Crippen LogP contribution in [-0.2, 0) is 4.79 Å². The maximum absolute atomic E-state index is 13.1. The number of carbonyl (C=O) groups excluding carboxylic acids is 1. The Hall–Kier alpha value is -1.57. The molecule has 1 aliphatic rings. The van der Waals surface area contributed by atoms with Crippen molar-refractivity contribution in [3.63, 3.8) is 0 Å². The fourth-order valence-corrected chi connectivity index (χ4v) is 5.41. The van der Waals surface area contributed by atoms with Crippen LogP contribution in [0.25, 0.3) is 6.08 Å². The molecule has 0 bridgehead atoms. The average molecular weight is 538 g/mol. The minimum Gasteiger partial charge on any atom is -0.494 e. The van der Waals surface area contributed by atoms with Crippen LogP contribution < -0.4 is 4.74 Å². The third-order valence-electron chi connectivity index (χ3n) is 4.40. The summed E-state index contributed by atoms with van der Waals surface area (Å²) in [7, 11) is 1.62. The molecule has 0 unspecified atom stereocenters. The number of thioether (sulfide) groups is 1. The molecule has 2 aromatic carbocycles. The van der Waals surface area contributed by atoms with Crippen LogP contribution in [0.2, 0.25) is 0 Å². The summed E-state index contributed by atoms with van der Waals surface area (Å²) in [5.41, 5.74) is 2.94. The van der Waals surface area contributed by atoms with E-state index < -0.39 is 0 Å². The molecule has 0 atom stereocenters. The van der Waals surface area contributed by atoms with E-state index in [1.54, 1.807) is 12.0 Å². The SMILES string of the molecule is CCCCN1C(=O)/C(=C\c2cc(Br)c(OC)c(Br)c2)SC1=Nc1ccc(C)cc1. The summed E-state index contributed by atoms with van der Waals surface area (Å²) in [6.07, 6.45) is 3.86. The smallest absolute Gasteiger partial charge is 0.266 e. The molecule has 1 saturated heterocycles. The molecule has 0 N–H and O–H groups in total. The maximum atomic E-state index is 13.1. The van der Waals surface area contributed by atoms with Gasteiger partial charge in [-0.1, -0.05) is 31.0 Å². The number of amides is 1. The second-order valence-electron chi connectivity index (χ2n) is 6.67. The summed E-state index contributed by atoms with van der Waals surface area (Å²) in [6, 6.07) is 11.9. The molecule has 1 amide bonds. The second-order valence-corrected chi connectivity index (χ2v) is 9.39. The van der Waals surface area contributed by atoms with E-state index in [0.29, 0.717) is 11.4 Å². The van der Waals surface area contributed by atoms with Crippen molar-refractivity contribution in [3.8, 4) is 5.75 Å². The first-order valence-electron chi connectivity index (χ1n) is 9.32. The Labute approximate surface area is 192 Å². The zero-order valence-corrected chi connectivity index (χ0v) is 20.5. The predicted octanol–water partition coefficient (Wildman–Crippen LogP) is 6.93. The van der Waals surface area contributed by atoms with Crippen molar-refractivity contribution in [2.45, 2.75) is 26.7 Å². The second kappa shape index (κ2) is 9.96. The lowest BCUT2D eigenvalue weighted by Crippen LogP contribution is -2.30. The topological polar surface area (TPSA) is 41.9 Å². The van der Waals surface area contributed by atoms with Gasteiger partial charge in [0.25, 0.3) is 5.91 Å². The normalized spacial score (nSPS) is 16.9. The molecule has 2 aromatic rings. The lowest BCUT2D eigenvalue weighted by molar-refractivity contribution is -0.122. The minimum absolute atomic E-state index is 0.00243. The predicted molar refractivity (Wildman–Crippen MR) is 129 cm³/mol. The first kappa shape index (κ1) is 22.1. The fraction of sp³-hybridized carbons (Fsp3) is 0.273. The summed E-state index contributed by atoms with van der Waals surface area (Å²) < 4.78 is 7.01. The van der Waals surface area contributed by atoms with E-state index in [0.717, 1.165) is 44.0 Å². The molecule has 0 radical (unpaired) electrons. The summed E-state index contributed by atoms with van der Waals surface area (Å²) >= 11 is 8.46. The van der Waals surface area contributed by atoms with Crippen LogP contribution >= 0.6 is 43.6 Å². The van der Waals surface area contributed by atoms with E-state index in [1.807, 2.05) is 49.4 Å². The zero-order valence-electron chi connectivity index (χ0n) is 16.5. The van der Waals surface area contributed by atoms with Crippen molar-refractivity contribution in [1.29, 1.82) is 0 Å².